The average Bonchev–Trinajstić information content (AvgIpc) is 2.78. The SMILES string of the molecule is COc1cccc(NC(=O)N(C/C=C/c2ccccc2OC)c2ccc(F)cc2)c1. The van der Waals surface area contributed by atoms with Crippen LogP contribution in [-0.4, -0.2) is 26.8 Å². The van der Waals surface area contributed by atoms with Gasteiger partial charge in [0.15, 0.2) is 0 Å². The molecule has 0 aliphatic rings. The quantitative estimate of drug-likeness (QED) is 0.556. The van der Waals surface area contributed by atoms with Crippen molar-refractivity contribution in [2.24, 2.45) is 0 Å². The van der Waals surface area contributed by atoms with Gasteiger partial charge in [0.2, 0.25) is 0 Å². The number of anilines is 2. The van der Waals surface area contributed by atoms with Crippen molar-refractivity contribution in [1.29, 1.82) is 0 Å². The number of carbonyl (C=O) groups is 1. The topological polar surface area (TPSA) is 50.8 Å². The molecule has 0 atom stereocenters. The third-order valence-corrected chi connectivity index (χ3v) is 4.43. The number of amides is 2. The predicted octanol–water partition coefficient (Wildman–Crippen LogP) is 5.59. The minimum atomic E-state index is -0.364. The molecule has 0 saturated carbocycles. The Morgan fingerprint density at radius 2 is 1.77 bits per heavy atom. The van der Waals surface area contributed by atoms with E-state index < -0.39 is 0 Å². The van der Waals surface area contributed by atoms with Crippen LogP contribution < -0.4 is 19.7 Å². The molecule has 0 heterocycles. The fourth-order valence-electron chi connectivity index (χ4n) is 2.91. The number of carbonyl (C=O) groups excluding carboxylic acids is 1. The highest BCUT2D eigenvalue weighted by molar-refractivity contribution is 6.02. The lowest BCUT2D eigenvalue weighted by Gasteiger charge is -2.22. The second-order valence-corrected chi connectivity index (χ2v) is 6.39. The normalized spacial score (nSPS) is 10.6. The molecule has 0 aliphatic carbocycles. The van der Waals surface area contributed by atoms with Gasteiger partial charge in [-0.3, -0.25) is 4.90 Å². The van der Waals surface area contributed by atoms with Gasteiger partial charge in [0.1, 0.15) is 17.3 Å². The molecule has 0 radical (unpaired) electrons. The summed E-state index contributed by atoms with van der Waals surface area (Å²) in [5, 5.41) is 2.86. The second kappa shape index (κ2) is 10.1. The first kappa shape index (κ1) is 20.9. The maximum Gasteiger partial charge on any atom is 0.326 e. The van der Waals surface area contributed by atoms with Crippen LogP contribution >= 0.6 is 0 Å². The highest BCUT2D eigenvalue weighted by atomic mass is 19.1. The van der Waals surface area contributed by atoms with Crippen molar-refractivity contribution in [3.8, 4) is 11.5 Å². The number of urea groups is 1. The van der Waals surface area contributed by atoms with Gasteiger partial charge in [0.25, 0.3) is 0 Å². The molecule has 0 fully saturated rings. The third-order valence-electron chi connectivity index (χ3n) is 4.43. The van der Waals surface area contributed by atoms with Gasteiger partial charge in [-0.25, -0.2) is 9.18 Å². The standard InChI is InChI=1S/C24H23FN2O3/c1-29-22-10-5-9-20(17-22)26-24(28)27(21-14-12-19(25)13-15-21)16-6-8-18-7-3-4-11-23(18)30-2/h3-15,17H,16H2,1-2H3,(H,26,28)/b8-6+. The summed E-state index contributed by atoms with van der Waals surface area (Å²) in [4.78, 5) is 14.5. The maximum absolute atomic E-state index is 13.4. The molecular formula is C24H23FN2O3. The van der Waals surface area contributed by atoms with Crippen LogP contribution in [0.2, 0.25) is 0 Å². The number of nitrogens with one attached hydrogen (secondary N) is 1. The van der Waals surface area contributed by atoms with Crippen LogP contribution in [0.5, 0.6) is 11.5 Å². The highest BCUT2D eigenvalue weighted by Gasteiger charge is 2.15. The van der Waals surface area contributed by atoms with E-state index in [0.29, 0.717) is 17.1 Å². The lowest BCUT2D eigenvalue weighted by atomic mass is 10.2. The van der Waals surface area contributed by atoms with Crippen molar-refractivity contribution >= 4 is 23.5 Å². The molecule has 6 heteroatoms. The summed E-state index contributed by atoms with van der Waals surface area (Å²) in [5.41, 5.74) is 2.06. The van der Waals surface area contributed by atoms with Gasteiger partial charge >= 0.3 is 6.03 Å². The zero-order chi connectivity index (χ0) is 21.3. The van der Waals surface area contributed by atoms with Gasteiger partial charge in [-0.05, 0) is 42.5 Å². The Balaban J connectivity index is 1.82. The Kier molecular flexibility index (Phi) is 7.05. The summed E-state index contributed by atoms with van der Waals surface area (Å²) in [6.07, 6.45) is 3.74. The minimum absolute atomic E-state index is 0.277. The van der Waals surface area contributed by atoms with Crippen molar-refractivity contribution in [2.75, 3.05) is 31.0 Å². The van der Waals surface area contributed by atoms with E-state index in [1.807, 2.05) is 36.4 Å². The van der Waals surface area contributed by atoms with E-state index >= 15 is 0 Å². The van der Waals surface area contributed by atoms with Crippen molar-refractivity contribution in [2.45, 2.75) is 0 Å². The summed E-state index contributed by atoms with van der Waals surface area (Å²) >= 11 is 0. The van der Waals surface area contributed by atoms with Crippen molar-refractivity contribution in [3.63, 3.8) is 0 Å². The molecule has 3 aromatic carbocycles. The summed E-state index contributed by atoms with van der Waals surface area (Å²) < 4.78 is 23.9. The lowest BCUT2D eigenvalue weighted by Crippen LogP contribution is -2.35. The van der Waals surface area contributed by atoms with Gasteiger partial charge in [-0.2, -0.15) is 0 Å². The minimum Gasteiger partial charge on any atom is -0.497 e. The van der Waals surface area contributed by atoms with Gasteiger partial charge < -0.3 is 14.8 Å². The monoisotopic (exact) mass is 406 g/mol. The van der Waals surface area contributed by atoms with Crippen molar-refractivity contribution in [1.82, 2.24) is 0 Å². The predicted molar refractivity (Wildman–Crippen MR) is 118 cm³/mol. The Morgan fingerprint density at radius 3 is 2.50 bits per heavy atom. The van der Waals surface area contributed by atoms with Gasteiger partial charge in [-0.15, -0.1) is 0 Å². The molecule has 3 rings (SSSR count). The van der Waals surface area contributed by atoms with E-state index in [1.54, 1.807) is 50.6 Å². The first-order valence-electron chi connectivity index (χ1n) is 9.38. The first-order chi connectivity index (χ1) is 14.6. The smallest absolute Gasteiger partial charge is 0.326 e. The molecule has 0 spiro atoms. The largest absolute Gasteiger partial charge is 0.497 e. The Morgan fingerprint density at radius 1 is 1.00 bits per heavy atom. The molecule has 0 aliphatic heterocycles. The zero-order valence-electron chi connectivity index (χ0n) is 16.8. The fraction of sp³-hybridized carbons (Fsp3) is 0.125. The van der Waals surface area contributed by atoms with E-state index in [0.717, 1.165) is 11.3 Å². The molecular weight excluding hydrogens is 383 g/mol. The number of rotatable bonds is 7. The fourth-order valence-corrected chi connectivity index (χ4v) is 2.91. The van der Waals surface area contributed by atoms with Crippen LogP contribution in [0.1, 0.15) is 5.56 Å². The number of para-hydroxylation sites is 1. The van der Waals surface area contributed by atoms with Crippen LogP contribution in [-0.2, 0) is 0 Å². The molecule has 0 aromatic heterocycles. The van der Waals surface area contributed by atoms with Gasteiger partial charge in [0, 0.05) is 29.5 Å². The van der Waals surface area contributed by atoms with Crippen molar-refractivity contribution in [3.05, 3.63) is 90.3 Å². The molecule has 0 bridgehead atoms. The molecule has 154 valence electrons. The third kappa shape index (κ3) is 5.38. The summed E-state index contributed by atoms with van der Waals surface area (Å²) in [6.45, 7) is 0.277. The second-order valence-electron chi connectivity index (χ2n) is 6.39. The molecule has 3 aromatic rings. The first-order valence-corrected chi connectivity index (χ1v) is 9.38. The number of benzene rings is 3. The molecule has 0 unspecified atom stereocenters. The number of hydrogen-bond donors (Lipinski definition) is 1. The molecule has 30 heavy (non-hydrogen) atoms. The number of halogens is 1. The average molecular weight is 406 g/mol. The van der Waals surface area contributed by atoms with Gasteiger partial charge in [0.05, 0.1) is 14.2 Å². The van der Waals surface area contributed by atoms with E-state index in [2.05, 4.69) is 5.32 Å². The molecule has 1 N–H and O–H groups in total. The van der Waals surface area contributed by atoms with Crippen LogP contribution in [0.3, 0.4) is 0 Å². The van der Waals surface area contributed by atoms with Crippen LogP contribution in [0, 0.1) is 5.82 Å². The van der Waals surface area contributed by atoms with Crippen LogP contribution in [0.25, 0.3) is 6.08 Å². The molecule has 5 nitrogen and oxygen atoms in total. The lowest BCUT2D eigenvalue weighted by molar-refractivity contribution is 0.257. The number of methoxy groups -OCH3 is 2. The van der Waals surface area contributed by atoms with E-state index in [-0.39, 0.29) is 18.4 Å². The van der Waals surface area contributed by atoms with E-state index in [1.165, 1.54) is 17.0 Å². The van der Waals surface area contributed by atoms with Crippen LogP contribution in [0.15, 0.2) is 78.9 Å². The Hall–Kier alpha value is -3.80. The summed E-state index contributed by atoms with van der Waals surface area (Å²) in [7, 11) is 3.17. The Labute approximate surface area is 175 Å². The number of hydrogen-bond acceptors (Lipinski definition) is 3. The van der Waals surface area contributed by atoms with Crippen molar-refractivity contribution < 1.29 is 18.7 Å². The van der Waals surface area contributed by atoms with E-state index in [4.69, 9.17) is 9.47 Å². The number of ether oxygens (including phenoxy) is 2. The van der Waals surface area contributed by atoms with Crippen LogP contribution in [0.4, 0.5) is 20.6 Å². The van der Waals surface area contributed by atoms with E-state index in [9.17, 15) is 9.18 Å². The zero-order valence-corrected chi connectivity index (χ0v) is 16.8. The molecule has 0 saturated heterocycles. The highest BCUT2D eigenvalue weighted by Crippen LogP contribution is 2.21. The summed E-state index contributed by atoms with van der Waals surface area (Å²) in [5.74, 6) is 1.01. The summed E-state index contributed by atoms with van der Waals surface area (Å²) in [6, 6.07) is 20.1. The Bertz CT molecular complexity index is 1020. The van der Waals surface area contributed by atoms with Gasteiger partial charge in [-0.1, -0.05) is 36.4 Å². The molecule has 2 amide bonds. The number of nitrogens with zero attached hydrogens (tertiary/aromatic N) is 1. The maximum atomic E-state index is 13.4.